The number of amides is 1. The minimum Gasteiger partial charge on any atom is -0.497 e. The van der Waals surface area contributed by atoms with Crippen molar-refractivity contribution in [3.63, 3.8) is 0 Å². The molecule has 0 fully saturated rings. The first-order valence-electron chi connectivity index (χ1n) is 8.47. The van der Waals surface area contributed by atoms with E-state index in [0.29, 0.717) is 28.7 Å². The second kappa shape index (κ2) is 8.85. The number of rotatable bonds is 7. The summed E-state index contributed by atoms with van der Waals surface area (Å²) in [4.78, 5) is 16.6. The molecule has 1 heterocycles. The molecule has 0 unspecified atom stereocenters. The average molecular weight is 382 g/mol. The molecule has 0 aliphatic carbocycles. The quantitative estimate of drug-likeness (QED) is 0.670. The number of methoxy groups -OCH3 is 2. The molecule has 144 valence electrons. The number of aromatic nitrogens is 1. The van der Waals surface area contributed by atoms with Gasteiger partial charge >= 0.3 is 0 Å². The topological polar surface area (TPSA) is 69.7 Å². The zero-order valence-electron chi connectivity index (χ0n) is 15.4. The Labute approximate surface area is 161 Å². The molecule has 0 atom stereocenters. The van der Waals surface area contributed by atoms with Crippen molar-refractivity contribution >= 4 is 5.91 Å². The van der Waals surface area contributed by atoms with E-state index >= 15 is 0 Å². The van der Waals surface area contributed by atoms with Crippen molar-refractivity contribution < 1.29 is 23.4 Å². The second-order valence-corrected chi connectivity index (χ2v) is 5.81. The lowest BCUT2D eigenvalue weighted by Gasteiger charge is -2.11. The fourth-order valence-electron chi connectivity index (χ4n) is 2.49. The van der Waals surface area contributed by atoms with Crippen molar-refractivity contribution in [1.29, 1.82) is 0 Å². The van der Waals surface area contributed by atoms with E-state index in [1.54, 1.807) is 55.8 Å². The number of carbonyl (C=O) groups excluding carboxylic acids is 1. The molecule has 0 aliphatic rings. The van der Waals surface area contributed by atoms with Crippen LogP contribution in [-0.2, 0) is 6.54 Å². The van der Waals surface area contributed by atoms with Crippen molar-refractivity contribution in [3.05, 3.63) is 77.7 Å². The van der Waals surface area contributed by atoms with Crippen LogP contribution in [0.15, 0.2) is 60.8 Å². The smallest absolute Gasteiger partial charge is 0.255 e. The van der Waals surface area contributed by atoms with Gasteiger partial charge in [0.05, 0.1) is 19.8 Å². The van der Waals surface area contributed by atoms with Gasteiger partial charge in [0.1, 0.15) is 23.1 Å². The average Bonchev–Trinajstić information content (AvgIpc) is 2.72. The van der Waals surface area contributed by atoms with Crippen LogP contribution in [0.2, 0.25) is 0 Å². The summed E-state index contributed by atoms with van der Waals surface area (Å²) in [6.07, 6.45) is 1.58. The van der Waals surface area contributed by atoms with E-state index in [9.17, 15) is 9.18 Å². The first-order chi connectivity index (χ1) is 13.6. The van der Waals surface area contributed by atoms with Gasteiger partial charge in [0.15, 0.2) is 0 Å². The van der Waals surface area contributed by atoms with Crippen LogP contribution in [0.5, 0.6) is 23.1 Å². The summed E-state index contributed by atoms with van der Waals surface area (Å²) >= 11 is 0. The molecule has 28 heavy (non-hydrogen) atoms. The molecule has 1 aromatic heterocycles. The summed E-state index contributed by atoms with van der Waals surface area (Å²) in [6, 6.07) is 14.2. The molecule has 0 radical (unpaired) electrons. The zero-order valence-corrected chi connectivity index (χ0v) is 15.4. The van der Waals surface area contributed by atoms with E-state index < -0.39 is 0 Å². The number of ether oxygens (including phenoxy) is 3. The minimum atomic E-state index is -0.384. The number of nitrogens with one attached hydrogen (secondary N) is 1. The maximum Gasteiger partial charge on any atom is 0.255 e. The number of pyridine rings is 1. The van der Waals surface area contributed by atoms with Gasteiger partial charge in [-0.2, -0.15) is 0 Å². The lowest BCUT2D eigenvalue weighted by Crippen LogP contribution is -2.23. The van der Waals surface area contributed by atoms with Crippen molar-refractivity contribution in [2.75, 3.05) is 14.2 Å². The van der Waals surface area contributed by atoms with Crippen LogP contribution in [-0.4, -0.2) is 25.1 Å². The summed E-state index contributed by atoms with van der Waals surface area (Å²) in [7, 11) is 3.04. The predicted molar refractivity (Wildman–Crippen MR) is 101 cm³/mol. The van der Waals surface area contributed by atoms with Crippen molar-refractivity contribution in [3.8, 4) is 23.1 Å². The molecule has 1 N–H and O–H groups in total. The van der Waals surface area contributed by atoms with Gasteiger partial charge in [-0.3, -0.25) is 4.79 Å². The van der Waals surface area contributed by atoms with Gasteiger partial charge in [-0.25, -0.2) is 9.37 Å². The van der Waals surface area contributed by atoms with E-state index in [4.69, 9.17) is 14.2 Å². The van der Waals surface area contributed by atoms with Gasteiger partial charge < -0.3 is 19.5 Å². The Morgan fingerprint density at radius 1 is 1.04 bits per heavy atom. The van der Waals surface area contributed by atoms with Gasteiger partial charge in [0, 0.05) is 30.9 Å². The lowest BCUT2D eigenvalue weighted by molar-refractivity contribution is 0.0948. The number of carbonyl (C=O) groups is 1. The van der Waals surface area contributed by atoms with E-state index in [0.717, 1.165) is 5.56 Å². The SMILES string of the molecule is COc1ccc(C(=O)NCc2ccc(Oc3cccc(F)c3)nc2)c(OC)c1. The van der Waals surface area contributed by atoms with E-state index in [1.807, 2.05) is 0 Å². The Balaban J connectivity index is 1.61. The Hall–Kier alpha value is -3.61. The largest absolute Gasteiger partial charge is 0.497 e. The Morgan fingerprint density at radius 3 is 2.57 bits per heavy atom. The van der Waals surface area contributed by atoms with Gasteiger partial charge in [0.25, 0.3) is 5.91 Å². The van der Waals surface area contributed by atoms with Crippen LogP contribution < -0.4 is 19.5 Å². The summed E-state index contributed by atoms with van der Waals surface area (Å²) in [6.45, 7) is 0.279. The highest BCUT2D eigenvalue weighted by atomic mass is 19.1. The van der Waals surface area contributed by atoms with Crippen LogP contribution in [0.3, 0.4) is 0 Å². The van der Waals surface area contributed by atoms with Crippen molar-refractivity contribution in [2.45, 2.75) is 6.54 Å². The third-order valence-corrected chi connectivity index (χ3v) is 3.92. The first kappa shape index (κ1) is 19.2. The molecule has 7 heteroatoms. The molecule has 1 amide bonds. The van der Waals surface area contributed by atoms with Crippen LogP contribution in [0.25, 0.3) is 0 Å². The fraction of sp³-hybridized carbons (Fsp3) is 0.143. The third kappa shape index (κ3) is 4.76. The minimum absolute atomic E-state index is 0.278. The summed E-state index contributed by atoms with van der Waals surface area (Å²) in [5.74, 6) is 1.06. The highest BCUT2D eigenvalue weighted by Gasteiger charge is 2.13. The van der Waals surface area contributed by atoms with E-state index in [-0.39, 0.29) is 18.3 Å². The molecule has 0 saturated heterocycles. The monoisotopic (exact) mass is 382 g/mol. The number of hydrogen-bond donors (Lipinski definition) is 1. The second-order valence-electron chi connectivity index (χ2n) is 5.81. The maximum atomic E-state index is 13.2. The first-order valence-corrected chi connectivity index (χ1v) is 8.47. The van der Waals surface area contributed by atoms with E-state index in [1.165, 1.54) is 19.2 Å². The van der Waals surface area contributed by atoms with Crippen LogP contribution >= 0.6 is 0 Å². The molecule has 3 rings (SSSR count). The Morgan fingerprint density at radius 2 is 1.89 bits per heavy atom. The highest BCUT2D eigenvalue weighted by molar-refractivity contribution is 5.97. The zero-order chi connectivity index (χ0) is 19.9. The summed E-state index contributed by atoms with van der Waals surface area (Å²) in [5.41, 5.74) is 1.19. The van der Waals surface area contributed by atoms with Gasteiger partial charge in [0.2, 0.25) is 5.88 Å². The Bertz CT molecular complexity index is 961. The van der Waals surface area contributed by atoms with Crippen LogP contribution in [0.1, 0.15) is 15.9 Å². The number of nitrogens with zero attached hydrogens (tertiary/aromatic N) is 1. The molecule has 3 aromatic rings. The molecule has 2 aromatic carbocycles. The summed E-state index contributed by atoms with van der Waals surface area (Å²) in [5, 5.41) is 2.81. The van der Waals surface area contributed by atoms with Gasteiger partial charge in [-0.15, -0.1) is 0 Å². The standard InChI is InChI=1S/C21H19FN2O4/c1-26-16-7-8-18(19(11-16)27-2)21(25)24-13-14-6-9-20(23-12-14)28-17-5-3-4-15(22)10-17/h3-12H,13H2,1-2H3,(H,24,25). The molecule has 0 saturated carbocycles. The summed E-state index contributed by atoms with van der Waals surface area (Å²) < 4.78 is 29.1. The molecule has 0 aliphatic heterocycles. The number of benzene rings is 2. The van der Waals surface area contributed by atoms with Crippen LogP contribution in [0.4, 0.5) is 4.39 Å². The molecule has 6 nitrogen and oxygen atoms in total. The van der Waals surface area contributed by atoms with Crippen molar-refractivity contribution in [1.82, 2.24) is 10.3 Å². The van der Waals surface area contributed by atoms with Crippen LogP contribution in [0, 0.1) is 5.82 Å². The van der Waals surface area contributed by atoms with Crippen molar-refractivity contribution in [2.24, 2.45) is 0 Å². The van der Waals surface area contributed by atoms with Gasteiger partial charge in [-0.1, -0.05) is 12.1 Å². The molecule has 0 bridgehead atoms. The Kier molecular flexibility index (Phi) is 6.06. The highest BCUT2D eigenvalue weighted by Crippen LogP contribution is 2.24. The predicted octanol–water partition coefficient (Wildman–Crippen LogP) is 3.96. The lowest BCUT2D eigenvalue weighted by atomic mass is 10.1. The maximum absolute atomic E-state index is 13.2. The molecular weight excluding hydrogens is 363 g/mol. The number of hydrogen-bond acceptors (Lipinski definition) is 5. The molecular formula is C21H19FN2O4. The molecule has 0 spiro atoms. The fourth-order valence-corrected chi connectivity index (χ4v) is 2.49. The third-order valence-electron chi connectivity index (χ3n) is 3.92. The van der Waals surface area contributed by atoms with Gasteiger partial charge in [-0.05, 0) is 29.8 Å². The van der Waals surface area contributed by atoms with E-state index in [2.05, 4.69) is 10.3 Å². The normalized spacial score (nSPS) is 10.2. The number of halogens is 1.